The van der Waals surface area contributed by atoms with Gasteiger partial charge in [-0.25, -0.2) is 8.78 Å². The molecule has 0 bridgehead atoms. The number of rotatable bonds is 1. The van der Waals surface area contributed by atoms with Crippen molar-refractivity contribution in [3.05, 3.63) is 34.3 Å². The third-order valence-corrected chi connectivity index (χ3v) is 1.97. The second-order valence-electron chi connectivity index (χ2n) is 2.28. The first kappa shape index (κ1) is 12.4. The highest BCUT2D eigenvalue weighted by atomic mass is 35.5. The van der Waals surface area contributed by atoms with Crippen LogP contribution in [0.15, 0.2) is 18.2 Å². The molecule has 3 heteroatoms. The Kier molecular flexibility index (Phi) is 5.63. The summed E-state index contributed by atoms with van der Waals surface area (Å²) in [7, 11) is 0. The Labute approximate surface area is 82.5 Å². The summed E-state index contributed by atoms with van der Waals surface area (Å²) >= 11 is 5.61. The molecule has 1 aromatic rings. The SMILES string of the molecule is CC.Cc1cccc(C(F)F)c1Cl. The van der Waals surface area contributed by atoms with Gasteiger partial charge < -0.3 is 0 Å². The van der Waals surface area contributed by atoms with Crippen LogP contribution in [0, 0.1) is 6.92 Å². The van der Waals surface area contributed by atoms with Gasteiger partial charge in [-0.2, -0.15) is 0 Å². The summed E-state index contributed by atoms with van der Waals surface area (Å²) in [6, 6.07) is 4.61. The van der Waals surface area contributed by atoms with Gasteiger partial charge in [0.1, 0.15) is 0 Å². The Hall–Kier alpha value is -0.630. The molecule has 0 radical (unpaired) electrons. The van der Waals surface area contributed by atoms with Crippen LogP contribution in [0.3, 0.4) is 0 Å². The fourth-order valence-electron chi connectivity index (χ4n) is 0.839. The van der Waals surface area contributed by atoms with Crippen molar-refractivity contribution in [3.63, 3.8) is 0 Å². The predicted octanol–water partition coefficient (Wildman–Crippen LogP) is 4.61. The Bertz CT molecular complexity index is 259. The topological polar surface area (TPSA) is 0 Å². The molecule has 0 aliphatic heterocycles. The first-order valence-corrected chi connectivity index (χ1v) is 4.54. The van der Waals surface area contributed by atoms with Crippen molar-refractivity contribution < 1.29 is 8.78 Å². The molecule has 0 aliphatic rings. The van der Waals surface area contributed by atoms with Crippen molar-refractivity contribution in [2.24, 2.45) is 0 Å². The van der Waals surface area contributed by atoms with Gasteiger partial charge in [0, 0.05) is 5.56 Å². The van der Waals surface area contributed by atoms with Crippen LogP contribution in [0.1, 0.15) is 31.4 Å². The monoisotopic (exact) mass is 206 g/mol. The highest BCUT2D eigenvalue weighted by Gasteiger charge is 2.11. The molecule has 0 fully saturated rings. The summed E-state index contributed by atoms with van der Waals surface area (Å²) in [6.45, 7) is 5.70. The van der Waals surface area contributed by atoms with Gasteiger partial charge in [-0.05, 0) is 12.5 Å². The van der Waals surface area contributed by atoms with E-state index in [1.165, 1.54) is 6.07 Å². The second-order valence-corrected chi connectivity index (χ2v) is 2.66. The molecule has 0 saturated carbocycles. The summed E-state index contributed by atoms with van der Waals surface area (Å²) in [5.41, 5.74) is 0.594. The normalized spacial score (nSPS) is 9.46. The molecular weight excluding hydrogens is 194 g/mol. The van der Waals surface area contributed by atoms with E-state index in [4.69, 9.17) is 11.6 Å². The van der Waals surface area contributed by atoms with Gasteiger partial charge in [0.25, 0.3) is 6.43 Å². The summed E-state index contributed by atoms with van der Waals surface area (Å²) in [5.74, 6) is 0. The average Bonchev–Trinajstić information content (AvgIpc) is 2.13. The first-order valence-electron chi connectivity index (χ1n) is 4.16. The molecule has 13 heavy (non-hydrogen) atoms. The van der Waals surface area contributed by atoms with Crippen LogP contribution >= 0.6 is 11.6 Å². The van der Waals surface area contributed by atoms with E-state index in [1.54, 1.807) is 19.1 Å². The van der Waals surface area contributed by atoms with E-state index in [0.717, 1.165) is 0 Å². The molecule has 0 spiro atoms. The molecule has 0 unspecified atom stereocenters. The minimum Gasteiger partial charge on any atom is -0.205 e. The number of benzene rings is 1. The minimum atomic E-state index is -2.48. The van der Waals surface area contributed by atoms with E-state index in [2.05, 4.69) is 0 Å². The van der Waals surface area contributed by atoms with Gasteiger partial charge in [-0.1, -0.05) is 43.6 Å². The lowest BCUT2D eigenvalue weighted by Gasteiger charge is -2.03. The lowest BCUT2D eigenvalue weighted by Crippen LogP contribution is -1.87. The molecule has 0 amide bonds. The van der Waals surface area contributed by atoms with E-state index in [1.807, 2.05) is 13.8 Å². The number of hydrogen-bond acceptors (Lipinski definition) is 0. The van der Waals surface area contributed by atoms with Crippen LogP contribution < -0.4 is 0 Å². The third kappa shape index (κ3) is 3.31. The van der Waals surface area contributed by atoms with Gasteiger partial charge in [0.05, 0.1) is 5.02 Å². The molecule has 74 valence electrons. The van der Waals surface area contributed by atoms with Gasteiger partial charge in [-0.3, -0.25) is 0 Å². The number of halogens is 3. The van der Waals surface area contributed by atoms with Crippen molar-refractivity contribution in [2.45, 2.75) is 27.2 Å². The van der Waals surface area contributed by atoms with Gasteiger partial charge in [0.15, 0.2) is 0 Å². The lowest BCUT2D eigenvalue weighted by molar-refractivity contribution is 0.151. The average molecular weight is 207 g/mol. The zero-order valence-electron chi connectivity index (χ0n) is 7.94. The molecular formula is C10H13ClF2. The predicted molar refractivity (Wildman–Crippen MR) is 52.5 cm³/mol. The van der Waals surface area contributed by atoms with Crippen LogP contribution in [-0.2, 0) is 0 Å². The van der Waals surface area contributed by atoms with E-state index in [9.17, 15) is 8.78 Å². The maximum absolute atomic E-state index is 12.1. The van der Waals surface area contributed by atoms with E-state index in [-0.39, 0.29) is 10.6 Å². The molecule has 1 rings (SSSR count). The van der Waals surface area contributed by atoms with Crippen molar-refractivity contribution in [1.29, 1.82) is 0 Å². The smallest absolute Gasteiger partial charge is 0.205 e. The van der Waals surface area contributed by atoms with Crippen molar-refractivity contribution in [3.8, 4) is 0 Å². The molecule has 0 heterocycles. The molecule has 0 nitrogen and oxygen atoms in total. The molecule has 1 aromatic carbocycles. The molecule has 0 N–H and O–H groups in total. The quantitative estimate of drug-likeness (QED) is 0.629. The molecule has 0 aromatic heterocycles. The zero-order chi connectivity index (χ0) is 10.4. The molecule has 0 atom stereocenters. The Morgan fingerprint density at radius 1 is 1.23 bits per heavy atom. The zero-order valence-corrected chi connectivity index (χ0v) is 8.70. The van der Waals surface area contributed by atoms with Gasteiger partial charge >= 0.3 is 0 Å². The summed E-state index contributed by atoms with van der Waals surface area (Å²) in [6.07, 6.45) is -2.48. The molecule has 0 saturated heterocycles. The minimum absolute atomic E-state index is 0.0910. The maximum atomic E-state index is 12.1. The largest absolute Gasteiger partial charge is 0.265 e. The third-order valence-electron chi connectivity index (χ3n) is 1.46. The summed E-state index contributed by atoms with van der Waals surface area (Å²) in [4.78, 5) is 0. The van der Waals surface area contributed by atoms with E-state index >= 15 is 0 Å². The van der Waals surface area contributed by atoms with Crippen molar-refractivity contribution in [1.82, 2.24) is 0 Å². The molecule has 0 aliphatic carbocycles. The summed E-state index contributed by atoms with van der Waals surface area (Å²) < 4.78 is 24.2. The van der Waals surface area contributed by atoms with Crippen LogP contribution in [-0.4, -0.2) is 0 Å². The highest BCUT2D eigenvalue weighted by Crippen LogP contribution is 2.28. The van der Waals surface area contributed by atoms with Crippen LogP contribution in [0.4, 0.5) is 8.78 Å². The standard InChI is InChI=1S/C8H7ClF2.C2H6/c1-5-3-2-4-6(7(5)9)8(10)11;1-2/h2-4,8H,1H3;1-2H3. The Balaban J connectivity index is 0.000000671. The second kappa shape index (κ2) is 5.92. The van der Waals surface area contributed by atoms with Crippen molar-refractivity contribution >= 4 is 11.6 Å². The maximum Gasteiger partial charge on any atom is 0.265 e. The van der Waals surface area contributed by atoms with Crippen LogP contribution in [0.25, 0.3) is 0 Å². The van der Waals surface area contributed by atoms with E-state index in [0.29, 0.717) is 5.56 Å². The fraction of sp³-hybridized carbons (Fsp3) is 0.400. The van der Waals surface area contributed by atoms with Crippen molar-refractivity contribution in [2.75, 3.05) is 0 Å². The van der Waals surface area contributed by atoms with E-state index < -0.39 is 6.43 Å². The van der Waals surface area contributed by atoms with Gasteiger partial charge in [0.2, 0.25) is 0 Å². The Morgan fingerprint density at radius 2 is 1.77 bits per heavy atom. The van der Waals surface area contributed by atoms with Crippen LogP contribution in [0.5, 0.6) is 0 Å². The summed E-state index contributed by atoms with van der Waals surface area (Å²) in [5, 5.41) is 0.169. The Morgan fingerprint density at radius 3 is 2.15 bits per heavy atom. The highest BCUT2D eigenvalue weighted by molar-refractivity contribution is 6.32. The number of hydrogen-bond donors (Lipinski definition) is 0. The lowest BCUT2D eigenvalue weighted by atomic mass is 10.1. The fourth-order valence-corrected chi connectivity index (χ4v) is 1.05. The van der Waals surface area contributed by atoms with Crippen LogP contribution in [0.2, 0.25) is 5.02 Å². The first-order chi connectivity index (χ1) is 6.13. The number of aryl methyl sites for hydroxylation is 1. The number of alkyl halides is 2. The van der Waals surface area contributed by atoms with Gasteiger partial charge in [-0.15, -0.1) is 0 Å².